The molecule has 1 aromatic heterocycles. The lowest BCUT2D eigenvalue weighted by Gasteiger charge is -2.27. The van der Waals surface area contributed by atoms with E-state index in [0.29, 0.717) is 17.4 Å². The quantitative estimate of drug-likeness (QED) is 0.726. The Morgan fingerprint density at radius 2 is 2.39 bits per heavy atom. The van der Waals surface area contributed by atoms with Crippen LogP contribution in [0.1, 0.15) is 23.7 Å². The number of hydrogen-bond donors (Lipinski definition) is 3. The summed E-state index contributed by atoms with van der Waals surface area (Å²) in [4.78, 5) is 16.9. The van der Waals surface area contributed by atoms with E-state index in [1.807, 2.05) is 4.90 Å². The van der Waals surface area contributed by atoms with Crippen molar-refractivity contribution in [2.45, 2.75) is 19.4 Å². The third-order valence-corrected chi connectivity index (χ3v) is 3.48. The Bertz CT molecular complexity index is 464. The first-order valence-corrected chi connectivity index (χ1v) is 5.91. The van der Waals surface area contributed by atoms with Gasteiger partial charge in [-0.15, -0.1) is 0 Å². The minimum atomic E-state index is -1.05. The highest BCUT2D eigenvalue weighted by molar-refractivity contribution is 5.89. The molecule has 2 heterocycles. The first kappa shape index (κ1) is 12.6. The summed E-state index contributed by atoms with van der Waals surface area (Å²) in [6.45, 7) is 2.89. The van der Waals surface area contributed by atoms with E-state index in [1.165, 1.54) is 12.3 Å². The van der Waals surface area contributed by atoms with Gasteiger partial charge in [-0.25, -0.2) is 9.78 Å². The molecule has 98 valence electrons. The molecule has 0 saturated carbocycles. The fraction of sp³-hybridized carbons (Fsp3) is 0.500. The van der Waals surface area contributed by atoms with Crippen molar-refractivity contribution in [1.29, 1.82) is 0 Å². The van der Waals surface area contributed by atoms with Gasteiger partial charge in [0, 0.05) is 12.7 Å². The molecule has 0 amide bonds. The Hall–Kier alpha value is -1.82. The van der Waals surface area contributed by atoms with E-state index in [-0.39, 0.29) is 18.2 Å². The maximum atomic E-state index is 10.8. The van der Waals surface area contributed by atoms with Gasteiger partial charge in [0.15, 0.2) is 5.82 Å². The number of nitrogens with zero attached hydrogens (tertiary/aromatic N) is 2. The molecule has 6 heteroatoms. The van der Waals surface area contributed by atoms with Gasteiger partial charge in [-0.2, -0.15) is 0 Å². The van der Waals surface area contributed by atoms with Crippen molar-refractivity contribution in [3.05, 3.63) is 17.8 Å². The Balaban J connectivity index is 2.31. The van der Waals surface area contributed by atoms with E-state index in [4.69, 9.17) is 10.8 Å². The minimum absolute atomic E-state index is 0.00419. The third-order valence-electron chi connectivity index (χ3n) is 3.48. The van der Waals surface area contributed by atoms with Crippen molar-refractivity contribution in [3.63, 3.8) is 0 Å². The number of aromatic carboxylic acids is 1. The van der Waals surface area contributed by atoms with Gasteiger partial charge in [-0.3, -0.25) is 0 Å². The molecule has 1 aliphatic heterocycles. The highest BCUT2D eigenvalue weighted by atomic mass is 16.4. The molecule has 0 aromatic carbocycles. The van der Waals surface area contributed by atoms with Crippen LogP contribution in [-0.2, 0) is 0 Å². The Kier molecular flexibility index (Phi) is 3.38. The number of nitrogen functional groups attached to an aromatic ring is 1. The largest absolute Gasteiger partial charge is 0.478 e. The number of aliphatic hydroxyl groups excluding tert-OH is 1. The predicted molar refractivity (Wildman–Crippen MR) is 67.6 cm³/mol. The Morgan fingerprint density at radius 1 is 1.67 bits per heavy atom. The topological polar surface area (TPSA) is 99.7 Å². The summed E-state index contributed by atoms with van der Waals surface area (Å²) in [7, 11) is 0. The SMILES string of the molecule is CC1CCN(c2ncc(C(=O)O)cc2N)C1CO. The molecule has 1 fully saturated rings. The standard InChI is InChI=1S/C12H17N3O3/c1-7-2-3-15(10(7)6-16)11-9(13)4-8(5-14-11)12(17)18/h4-5,7,10,16H,2-3,6,13H2,1H3,(H,17,18). The number of rotatable bonds is 3. The molecule has 2 unspecified atom stereocenters. The van der Waals surface area contributed by atoms with Crippen molar-refractivity contribution >= 4 is 17.5 Å². The first-order chi connectivity index (χ1) is 8.54. The summed E-state index contributed by atoms with van der Waals surface area (Å²) in [6.07, 6.45) is 2.26. The third kappa shape index (κ3) is 2.11. The van der Waals surface area contributed by atoms with Crippen molar-refractivity contribution < 1.29 is 15.0 Å². The molecule has 0 bridgehead atoms. The van der Waals surface area contributed by atoms with Gasteiger partial charge >= 0.3 is 5.97 Å². The molecule has 1 aromatic rings. The van der Waals surface area contributed by atoms with Crippen LogP contribution in [0.3, 0.4) is 0 Å². The first-order valence-electron chi connectivity index (χ1n) is 5.91. The van der Waals surface area contributed by atoms with E-state index >= 15 is 0 Å². The fourth-order valence-corrected chi connectivity index (χ4v) is 2.38. The maximum Gasteiger partial charge on any atom is 0.337 e. The van der Waals surface area contributed by atoms with Crippen molar-refractivity contribution in [2.75, 3.05) is 23.8 Å². The zero-order chi connectivity index (χ0) is 13.3. The highest BCUT2D eigenvalue weighted by Crippen LogP contribution is 2.31. The van der Waals surface area contributed by atoms with Crippen LogP contribution < -0.4 is 10.6 Å². The summed E-state index contributed by atoms with van der Waals surface area (Å²) in [5.41, 5.74) is 6.26. The van der Waals surface area contributed by atoms with Gasteiger partial charge in [-0.1, -0.05) is 6.92 Å². The van der Waals surface area contributed by atoms with Crippen LogP contribution in [0.25, 0.3) is 0 Å². The van der Waals surface area contributed by atoms with Gasteiger partial charge in [0.05, 0.1) is 23.9 Å². The molecule has 0 aliphatic carbocycles. The van der Waals surface area contributed by atoms with E-state index < -0.39 is 5.97 Å². The second-order valence-electron chi connectivity index (χ2n) is 4.65. The average Bonchev–Trinajstić information content (AvgIpc) is 2.70. The summed E-state index contributed by atoms with van der Waals surface area (Å²) < 4.78 is 0. The molecule has 18 heavy (non-hydrogen) atoms. The zero-order valence-corrected chi connectivity index (χ0v) is 10.2. The molecular weight excluding hydrogens is 234 g/mol. The monoisotopic (exact) mass is 251 g/mol. The molecule has 0 spiro atoms. The molecular formula is C12H17N3O3. The predicted octanol–water partition coefficient (Wildman–Crippen LogP) is 0.569. The van der Waals surface area contributed by atoms with E-state index in [9.17, 15) is 9.90 Å². The van der Waals surface area contributed by atoms with Crippen LogP contribution in [0.4, 0.5) is 11.5 Å². The smallest absolute Gasteiger partial charge is 0.337 e. The second kappa shape index (κ2) is 4.81. The number of nitrogens with two attached hydrogens (primary N) is 1. The lowest BCUT2D eigenvalue weighted by Crippen LogP contribution is -2.36. The number of aliphatic hydroxyl groups is 1. The summed E-state index contributed by atoms with van der Waals surface area (Å²) in [5, 5.41) is 18.3. The van der Waals surface area contributed by atoms with Crippen molar-refractivity contribution in [2.24, 2.45) is 5.92 Å². The van der Waals surface area contributed by atoms with E-state index in [0.717, 1.165) is 13.0 Å². The van der Waals surface area contributed by atoms with Crippen molar-refractivity contribution in [3.8, 4) is 0 Å². The van der Waals surface area contributed by atoms with Gasteiger partial charge in [0.1, 0.15) is 0 Å². The van der Waals surface area contributed by atoms with Gasteiger partial charge in [0.25, 0.3) is 0 Å². The number of carbonyl (C=O) groups is 1. The number of aromatic nitrogens is 1. The Labute approximate surface area is 105 Å². The molecule has 1 aliphatic rings. The normalized spacial score (nSPS) is 23.3. The van der Waals surface area contributed by atoms with Crippen LogP contribution in [-0.4, -0.2) is 40.4 Å². The number of carboxylic acid groups (broad SMARTS) is 1. The molecule has 1 saturated heterocycles. The van der Waals surface area contributed by atoms with Gasteiger partial charge in [-0.05, 0) is 18.4 Å². The van der Waals surface area contributed by atoms with Crippen LogP contribution in [0.5, 0.6) is 0 Å². The lowest BCUT2D eigenvalue weighted by molar-refractivity contribution is 0.0696. The van der Waals surface area contributed by atoms with E-state index in [1.54, 1.807) is 0 Å². The van der Waals surface area contributed by atoms with Crippen molar-refractivity contribution in [1.82, 2.24) is 4.98 Å². The Morgan fingerprint density at radius 3 is 2.94 bits per heavy atom. The van der Waals surface area contributed by atoms with Crippen LogP contribution in [0.15, 0.2) is 12.3 Å². The average molecular weight is 251 g/mol. The zero-order valence-electron chi connectivity index (χ0n) is 10.2. The summed E-state index contributed by atoms with van der Waals surface area (Å²) in [5.74, 6) is -0.118. The lowest BCUT2D eigenvalue weighted by atomic mass is 10.0. The molecule has 6 nitrogen and oxygen atoms in total. The van der Waals surface area contributed by atoms with Crippen LogP contribution in [0, 0.1) is 5.92 Å². The van der Waals surface area contributed by atoms with Crippen LogP contribution >= 0.6 is 0 Å². The van der Waals surface area contributed by atoms with Crippen LogP contribution in [0.2, 0.25) is 0 Å². The molecule has 2 atom stereocenters. The van der Waals surface area contributed by atoms with Gasteiger partial charge in [0.2, 0.25) is 0 Å². The number of hydrogen-bond acceptors (Lipinski definition) is 5. The second-order valence-corrected chi connectivity index (χ2v) is 4.65. The number of carboxylic acids is 1. The number of pyridine rings is 1. The van der Waals surface area contributed by atoms with E-state index in [2.05, 4.69) is 11.9 Å². The summed E-state index contributed by atoms with van der Waals surface area (Å²) >= 11 is 0. The number of anilines is 2. The molecule has 4 N–H and O–H groups in total. The minimum Gasteiger partial charge on any atom is -0.478 e. The summed E-state index contributed by atoms with van der Waals surface area (Å²) in [6, 6.07) is 1.40. The van der Waals surface area contributed by atoms with Gasteiger partial charge < -0.3 is 20.8 Å². The fourth-order valence-electron chi connectivity index (χ4n) is 2.38. The highest BCUT2D eigenvalue weighted by Gasteiger charge is 2.32. The molecule has 2 rings (SSSR count). The maximum absolute atomic E-state index is 10.8. The molecule has 0 radical (unpaired) electrons.